The summed E-state index contributed by atoms with van der Waals surface area (Å²) in [5, 5.41) is 0. The summed E-state index contributed by atoms with van der Waals surface area (Å²) in [5.41, 5.74) is 6.26. The van der Waals surface area contributed by atoms with Gasteiger partial charge in [-0.3, -0.25) is 4.90 Å². The van der Waals surface area contributed by atoms with E-state index in [1.54, 1.807) is 0 Å². The Bertz CT molecular complexity index is 278. The number of hydrogen-bond donors (Lipinski definition) is 1. The molecule has 0 aromatic heterocycles. The van der Waals surface area contributed by atoms with Crippen LogP contribution in [0.25, 0.3) is 0 Å². The molecule has 0 aromatic carbocycles. The average Bonchev–Trinajstić information content (AvgIpc) is 2.72. The maximum atomic E-state index is 6.26. The van der Waals surface area contributed by atoms with Gasteiger partial charge in [0.25, 0.3) is 0 Å². The minimum absolute atomic E-state index is 0.491. The lowest BCUT2D eigenvalue weighted by atomic mass is 9.91. The molecular formula is C19H36N2. The Hall–Kier alpha value is -0.0800. The highest BCUT2D eigenvalue weighted by Crippen LogP contribution is 2.39. The molecule has 1 aliphatic carbocycles. The highest BCUT2D eigenvalue weighted by Gasteiger charge is 2.42. The monoisotopic (exact) mass is 292 g/mol. The van der Waals surface area contributed by atoms with Gasteiger partial charge in [0.2, 0.25) is 0 Å². The fraction of sp³-hybridized carbons (Fsp3) is 1.00. The summed E-state index contributed by atoms with van der Waals surface area (Å²) in [7, 11) is 0. The first-order valence-electron chi connectivity index (χ1n) is 9.87. The van der Waals surface area contributed by atoms with Gasteiger partial charge in [0, 0.05) is 24.2 Å². The van der Waals surface area contributed by atoms with Gasteiger partial charge in [0.1, 0.15) is 0 Å². The molecule has 3 rings (SSSR count). The van der Waals surface area contributed by atoms with Gasteiger partial charge in [-0.1, -0.05) is 57.8 Å². The van der Waals surface area contributed by atoms with Crippen LogP contribution >= 0.6 is 0 Å². The number of nitrogens with zero attached hydrogens (tertiary/aromatic N) is 1. The third kappa shape index (κ3) is 4.22. The van der Waals surface area contributed by atoms with Gasteiger partial charge >= 0.3 is 0 Å². The number of nitrogens with two attached hydrogens (primary N) is 1. The van der Waals surface area contributed by atoms with E-state index in [2.05, 4.69) is 4.90 Å². The van der Waals surface area contributed by atoms with Crippen molar-refractivity contribution in [3.63, 3.8) is 0 Å². The first-order chi connectivity index (χ1) is 10.3. The molecule has 0 spiro atoms. The number of fused-ring (bicyclic) bond motifs is 2. The zero-order chi connectivity index (χ0) is 14.5. The first kappa shape index (κ1) is 15.8. The second-order valence-corrected chi connectivity index (χ2v) is 7.98. The molecule has 2 unspecified atom stereocenters. The van der Waals surface area contributed by atoms with Crippen LogP contribution in [0.3, 0.4) is 0 Å². The maximum absolute atomic E-state index is 6.26. The van der Waals surface area contributed by atoms with Crippen LogP contribution in [0.5, 0.6) is 0 Å². The first-order valence-corrected chi connectivity index (χ1v) is 9.87. The second kappa shape index (κ2) is 7.97. The largest absolute Gasteiger partial charge is 0.328 e. The number of piperidine rings is 1. The fourth-order valence-corrected chi connectivity index (χ4v) is 5.29. The van der Waals surface area contributed by atoms with E-state index in [-0.39, 0.29) is 0 Å². The summed E-state index contributed by atoms with van der Waals surface area (Å²) in [6.45, 7) is 0. The van der Waals surface area contributed by atoms with Crippen LogP contribution in [0.15, 0.2) is 0 Å². The molecule has 122 valence electrons. The number of rotatable bonds is 1. The van der Waals surface area contributed by atoms with E-state index in [4.69, 9.17) is 5.73 Å². The molecule has 2 saturated heterocycles. The van der Waals surface area contributed by atoms with Crippen LogP contribution in [0.4, 0.5) is 0 Å². The van der Waals surface area contributed by atoms with Crippen molar-refractivity contribution in [1.29, 1.82) is 0 Å². The quantitative estimate of drug-likeness (QED) is 0.764. The zero-order valence-electron chi connectivity index (χ0n) is 13.9. The molecule has 0 radical (unpaired) electrons. The predicted molar refractivity (Wildman–Crippen MR) is 90.4 cm³/mol. The van der Waals surface area contributed by atoms with Crippen molar-refractivity contribution >= 4 is 0 Å². The molecule has 21 heavy (non-hydrogen) atoms. The van der Waals surface area contributed by atoms with Crippen molar-refractivity contribution in [3.8, 4) is 0 Å². The summed E-state index contributed by atoms with van der Waals surface area (Å²) in [5.74, 6) is 0. The molecule has 2 bridgehead atoms. The van der Waals surface area contributed by atoms with Crippen molar-refractivity contribution in [1.82, 2.24) is 4.90 Å². The van der Waals surface area contributed by atoms with E-state index in [0.29, 0.717) is 6.04 Å². The molecule has 3 aliphatic rings. The lowest BCUT2D eigenvalue weighted by Crippen LogP contribution is -2.52. The third-order valence-electron chi connectivity index (χ3n) is 6.32. The normalized spacial score (nSPS) is 37.9. The molecule has 2 heterocycles. The van der Waals surface area contributed by atoms with Gasteiger partial charge in [-0.05, 0) is 38.5 Å². The Kier molecular flexibility index (Phi) is 5.99. The average molecular weight is 293 g/mol. The van der Waals surface area contributed by atoms with Crippen molar-refractivity contribution in [2.45, 2.75) is 120 Å². The van der Waals surface area contributed by atoms with Gasteiger partial charge in [0.15, 0.2) is 0 Å². The Morgan fingerprint density at radius 2 is 0.952 bits per heavy atom. The van der Waals surface area contributed by atoms with Gasteiger partial charge in [-0.25, -0.2) is 0 Å². The molecular weight excluding hydrogens is 256 g/mol. The van der Waals surface area contributed by atoms with Crippen LogP contribution in [-0.4, -0.2) is 29.1 Å². The second-order valence-electron chi connectivity index (χ2n) is 7.98. The van der Waals surface area contributed by atoms with Crippen LogP contribution in [0.2, 0.25) is 0 Å². The summed E-state index contributed by atoms with van der Waals surface area (Å²) >= 11 is 0. The lowest BCUT2D eigenvalue weighted by Gasteiger charge is -2.43. The summed E-state index contributed by atoms with van der Waals surface area (Å²) in [4.78, 5) is 2.95. The standard InChI is InChI=1S/C19H36N2/c20-16-14-18-12-13-19(15-16)21(18)17-10-8-6-4-2-1-3-5-7-9-11-17/h16-19H,1-15,20H2. The maximum Gasteiger partial charge on any atom is 0.0116 e. The number of hydrogen-bond acceptors (Lipinski definition) is 2. The topological polar surface area (TPSA) is 29.3 Å². The summed E-state index contributed by atoms with van der Waals surface area (Å²) in [6.07, 6.45) is 21.6. The zero-order valence-corrected chi connectivity index (χ0v) is 13.9. The Morgan fingerprint density at radius 3 is 1.43 bits per heavy atom. The van der Waals surface area contributed by atoms with E-state index in [9.17, 15) is 0 Å². The molecule has 2 aliphatic heterocycles. The van der Waals surface area contributed by atoms with E-state index >= 15 is 0 Å². The smallest absolute Gasteiger partial charge is 0.0116 e. The molecule has 2 atom stereocenters. The molecule has 0 amide bonds. The van der Waals surface area contributed by atoms with E-state index in [1.807, 2.05) is 0 Å². The van der Waals surface area contributed by atoms with Crippen molar-refractivity contribution in [2.75, 3.05) is 0 Å². The predicted octanol–water partition coefficient (Wildman–Crippen LogP) is 4.61. The highest BCUT2D eigenvalue weighted by atomic mass is 15.2. The van der Waals surface area contributed by atoms with E-state index in [0.717, 1.165) is 18.1 Å². The van der Waals surface area contributed by atoms with E-state index in [1.165, 1.54) is 96.3 Å². The third-order valence-corrected chi connectivity index (χ3v) is 6.32. The van der Waals surface area contributed by atoms with Gasteiger partial charge in [-0.15, -0.1) is 0 Å². The van der Waals surface area contributed by atoms with Gasteiger partial charge in [0.05, 0.1) is 0 Å². The summed E-state index contributed by atoms with van der Waals surface area (Å²) in [6, 6.07) is 3.03. The lowest BCUT2D eigenvalue weighted by molar-refractivity contribution is 0.0651. The van der Waals surface area contributed by atoms with Crippen molar-refractivity contribution < 1.29 is 0 Å². The molecule has 2 heteroatoms. The van der Waals surface area contributed by atoms with Crippen molar-refractivity contribution in [3.05, 3.63) is 0 Å². The Labute approximate surface area is 131 Å². The van der Waals surface area contributed by atoms with Crippen molar-refractivity contribution in [2.24, 2.45) is 5.73 Å². The van der Waals surface area contributed by atoms with Crippen LogP contribution in [-0.2, 0) is 0 Å². The molecule has 2 nitrogen and oxygen atoms in total. The van der Waals surface area contributed by atoms with Gasteiger partial charge in [-0.2, -0.15) is 0 Å². The minimum atomic E-state index is 0.491. The Morgan fingerprint density at radius 1 is 0.524 bits per heavy atom. The fourth-order valence-electron chi connectivity index (χ4n) is 5.29. The minimum Gasteiger partial charge on any atom is -0.328 e. The highest BCUT2D eigenvalue weighted by molar-refractivity contribution is 4.99. The Balaban J connectivity index is 1.58. The van der Waals surface area contributed by atoms with E-state index < -0.39 is 0 Å². The van der Waals surface area contributed by atoms with Crippen LogP contribution in [0.1, 0.15) is 96.3 Å². The molecule has 2 N–H and O–H groups in total. The molecule has 1 saturated carbocycles. The summed E-state index contributed by atoms with van der Waals surface area (Å²) < 4.78 is 0. The van der Waals surface area contributed by atoms with Crippen LogP contribution < -0.4 is 5.73 Å². The molecule has 0 aromatic rings. The van der Waals surface area contributed by atoms with Crippen LogP contribution in [0, 0.1) is 0 Å². The van der Waals surface area contributed by atoms with Gasteiger partial charge < -0.3 is 5.73 Å². The SMILES string of the molecule is NC1CC2CCC(C1)N2C1CCCCCCCCCCC1. The molecule has 3 fully saturated rings.